The van der Waals surface area contributed by atoms with Crippen LogP contribution in [-0.4, -0.2) is 29.3 Å². The van der Waals surface area contributed by atoms with Crippen LogP contribution in [0.5, 0.6) is 11.5 Å². The highest BCUT2D eigenvalue weighted by Crippen LogP contribution is 2.25. The normalized spacial score (nSPS) is 11.1. The molecule has 0 spiro atoms. The van der Waals surface area contributed by atoms with Gasteiger partial charge in [0, 0.05) is 27.4 Å². The van der Waals surface area contributed by atoms with Crippen LogP contribution >= 0.6 is 31.9 Å². The Morgan fingerprint density at radius 1 is 0.644 bits per heavy atom. The number of carbonyl (C=O) groups excluding carboxylic acids is 2. The number of aliphatic imine (C=N–C) groups is 2. The fourth-order valence-electron chi connectivity index (χ4n) is 3.97. The Bertz CT molecular complexity index is 1940. The quantitative estimate of drug-likeness (QED) is 0.0491. The molecule has 0 bridgehead atoms. The van der Waals surface area contributed by atoms with Gasteiger partial charge in [-0.25, -0.2) is 9.59 Å². The van der Waals surface area contributed by atoms with Gasteiger partial charge in [0.05, 0.1) is 21.9 Å². The van der Waals surface area contributed by atoms with Crippen LogP contribution in [0.15, 0.2) is 134 Å². The molecule has 0 aliphatic rings. The lowest BCUT2D eigenvalue weighted by molar-refractivity contribution is -0.385. The molecule has 45 heavy (non-hydrogen) atoms. The Morgan fingerprint density at radius 3 is 1.60 bits per heavy atom. The largest absolute Gasteiger partial charge is 0.423 e. The van der Waals surface area contributed by atoms with Gasteiger partial charge in [0.15, 0.2) is 0 Å². The van der Waals surface area contributed by atoms with Crippen LogP contribution in [0.25, 0.3) is 0 Å². The summed E-state index contributed by atoms with van der Waals surface area (Å²) in [6.07, 6.45) is 3.33. The van der Waals surface area contributed by atoms with Crippen molar-refractivity contribution in [2.45, 2.75) is 0 Å². The fourth-order valence-corrected chi connectivity index (χ4v) is 4.74. The molecule has 0 atom stereocenters. The number of ether oxygens (including phenoxy) is 2. The standard InChI is InChI=1S/C34H21Br2N3O6/c35-25-3-1-5-27(18-25)37-20-22-7-12-29(13-8-22)44-33(40)24-11-16-31(32(17-24)39(42)43)34(41)45-30-14-9-23(10-15-30)21-38-28-6-2-4-26(36)19-28/h1-21H. The number of hydrogen-bond acceptors (Lipinski definition) is 8. The predicted octanol–water partition coefficient (Wildman–Crippen LogP) is 9.06. The molecule has 0 amide bonds. The third-order valence-corrected chi connectivity index (χ3v) is 7.16. The van der Waals surface area contributed by atoms with Gasteiger partial charge in [-0.2, -0.15) is 0 Å². The number of nitro groups is 1. The minimum absolute atomic E-state index is 0.104. The lowest BCUT2D eigenvalue weighted by atomic mass is 10.1. The van der Waals surface area contributed by atoms with Gasteiger partial charge in [-0.05, 0) is 108 Å². The SMILES string of the molecule is O=C(Oc1ccc(C=Nc2cccc(Br)c2)cc1)c1ccc(C(=O)Oc2ccc(C=Nc3cccc(Br)c3)cc2)c([N+](=O)[O-])c1. The van der Waals surface area contributed by atoms with Gasteiger partial charge in [0.1, 0.15) is 17.1 Å². The summed E-state index contributed by atoms with van der Waals surface area (Å²) in [5, 5.41) is 11.8. The number of halogens is 2. The van der Waals surface area contributed by atoms with E-state index in [0.29, 0.717) is 0 Å². The predicted molar refractivity (Wildman–Crippen MR) is 179 cm³/mol. The summed E-state index contributed by atoms with van der Waals surface area (Å²) < 4.78 is 12.6. The summed E-state index contributed by atoms with van der Waals surface area (Å²) in [6.45, 7) is 0. The van der Waals surface area contributed by atoms with Crippen molar-refractivity contribution in [3.63, 3.8) is 0 Å². The van der Waals surface area contributed by atoms with E-state index in [1.54, 1.807) is 61.0 Å². The first-order chi connectivity index (χ1) is 21.7. The maximum atomic E-state index is 12.8. The van der Waals surface area contributed by atoms with Crippen LogP contribution in [0.1, 0.15) is 31.8 Å². The molecule has 0 aliphatic carbocycles. The number of benzene rings is 5. The zero-order valence-electron chi connectivity index (χ0n) is 23.2. The van der Waals surface area contributed by atoms with Crippen LogP contribution in [0.3, 0.4) is 0 Å². The summed E-state index contributed by atoms with van der Waals surface area (Å²) >= 11 is 6.80. The van der Waals surface area contributed by atoms with E-state index in [9.17, 15) is 19.7 Å². The molecule has 5 aromatic rings. The van der Waals surface area contributed by atoms with E-state index in [-0.39, 0.29) is 22.6 Å². The van der Waals surface area contributed by atoms with E-state index in [0.717, 1.165) is 43.6 Å². The molecule has 0 aliphatic heterocycles. The van der Waals surface area contributed by atoms with Crippen molar-refractivity contribution in [1.82, 2.24) is 0 Å². The Hall–Kier alpha value is -5.26. The highest BCUT2D eigenvalue weighted by molar-refractivity contribution is 9.10. The van der Waals surface area contributed by atoms with Crippen molar-refractivity contribution in [1.29, 1.82) is 0 Å². The Kier molecular flexibility index (Phi) is 10.0. The average Bonchev–Trinajstić information content (AvgIpc) is 3.04. The summed E-state index contributed by atoms with van der Waals surface area (Å²) in [6, 6.07) is 31.5. The summed E-state index contributed by atoms with van der Waals surface area (Å²) in [5.41, 5.74) is 2.05. The first-order valence-electron chi connectivity index (χ1n) is 13.3. The summed E-state index contributed by atoms with van der Waals surface area (Å²) in [5.74, 6) is -1.36. The Labute approximate surface area is 274 Å². The van der Waals surface area contributed by atoms with E-state index in [2.05, 4.69) is 41.8 Å². The lowest BCUT2D eigenvalue weighted by Gasteiger charge is -2.08. The van der Waals surface area contributed by atoms with Crippen LogP contribution in [-0.2, 0) is 0 Å². The number of hydrogen-bond donors (Lipinski definition) is 0. The smallest absolute Gasteiger partial charge is 0.350 e. The molecule has 0 saturated heterocycles. The topological polar surface area (TPSA) is 120 Å². The lowest BCUT2D eigenvalue weighted by Crippen LogP contribution is -2.14. The molecular weight excluding hydrogens is 706 g/mol. The van der Waals surface area contributed by atoms with Gasteiger partial charge >= 0.3 is 11.9 Å². The zero-order chi connectivity index (χ0) is 31.8. The number of rotatable bonds is 9. The van der Waals surface area contributed by atoms with E-state index >= 15 is 0 Å². The summed E-state index contributed by atoms with van der Waals surface area (Å²) in [4.78, 5) is 45.5. The molecule has 0 heterocycles. The number of nitrogens with zero attached hydrogens (tertiary/aromatic N) is 3. The first kappa shape index (κ1) is 31.2. The van der Waals surface area contributed by atoms with Gasteiger partial charge in [-0.3, -0.25) is 20.1 Å². The second-order valence-corrected chi connectivity index (χ2v) is 11.2. The van der Waals surface area contributed by atoms with Gasteiger partial charge < -0.3 is 9.47 Å². The molecular formula is C34H21Br2N3O6. The van der Waals surface area contributed by atoms with E-state index in [4.69, 9.17) is 9.47 Å². The summed E-state index contributed by atoms with van der Waals surface area (Å²) in [7, 11) is 0. The minimum atomic E-state index is -0.947. The number of esters is 2. The molecule has 0 fully saturated rings. The van der Waals surface area contributed by atoms with Crippen molar-refractivity contribution < 1.29 is 24.0 Å². The number of nitro benzene ring substituents is 1. The van der Waals surface area contributed by atoms with E-state index in [1.165, 1.54) is 6.07 Å². The molecule has 222 valence electrons. The number of carbonyl (C=O) groups is 2. The average molecular weight is 727 g/mol. The minimum Gasteiger partial charge on any atom is -0.423 e. The molecule has 11 heteroatoms. The first-order valence-corrected chi connectivity index (χ1v) is 14.8. The third-order valence-electron chi connectivity index (χ3n) is 6.17. The molecule has 0 radical (unpaired) electrons. The monoisotopic (exact) mass is 725 g/mol. The van der Waals surface area contributed by atoms with Gasteiger partial charge in [-0.15, -0.1) is 0 Å². The van der Waals surface area contributed by atoms with Crippen molar-refractivity contribution >= 4 is 73.3 Å². The molecule has 5 rings (SSSR count). The van der Waals surface area contributed by atoms with Crippen molar-refractivity contribution in [2.75, 3.05) is 0 Å². The van der Waals surface area contributed by atoms with Crippen molar-refractivity contribution in [2.24, 2.45) is 9.98 Å². The van der Waals surface area contributed by atoms with Gasteiger partial charge in [-0.1, -0.05) is 44.0 Å². The fraction of sp³-hybridized carbons (Fsp3) is 0. The second kappa shape index (κ2) is 14.5. The Balaban J connectivity index is 1.23. The highest BCUT2D eigenvalue weighted by atomic mass is 79.9. The second-order valence-electron chi connectivity index (χ2n) is 9.38. The van der Waals surface area contributed by atoms with E-state index < -0.39 is 22.5 Å². The van der Waals surface area contributed by atoms with Crippen LogP contribution in [0.2, 0.25) is 0 Å². The van der Waals surface area contributed by atoms with Gasteiger partial charge in [0.25, 0.3) is 5.69 Å². The van der Waals surface area contributed by atoms with Crippen LogP contribution < -0.4 is 9.47 Å². The zero-order valence-corrected chi connectivity index (χ0v) is 26.3. The molecule has 5 aromatic carbocycles. The molecule has 9 nitrogen and oxygen atoms in total. The van der Waals surface area contributed by atoms with Crippen molar-refractivity contribution in [3.8, 4) is 11.5 Å². The molecule has 0 saturated carbocycles. The molecule has 0 N–H and O–H groups in total. The maximum Gasteiger partial charge on any atom is 0.350 e. The highest BCUT2D eigenvalue weighted by Gasteiger charge is 2.25. The Morgan fingerprint density at radius 2 is 1.13 bits per heavy atom. The van der Waals surface area contributed by atoms with E-state index in [1.807, 2.05) is 48.5 Å². The maximum absolute atomic E-state index is 12.8. The van der Waals surface area contributed by atoms with Gasteiger partial charge in [0.2, 0.25) is 0 Å². The molecule has 0 unspecified atom stereocenters. The van der Waals surface area contributed by atoms with Crippen LogP contribution in [0.4, 0.5) is 17.1 Å². The van der Waals surface area contributed by atoms with Crippen molar-refractivity contribution in [3.05, 3.63) is 157 Å². The van der Waals surface area contributed by atoms with Crippen LogP contribution in [0, 0.1) is 10.1 Å². The molecule has 0 aromatic heterocycles. The third kappa shape index (κ3) is 8.65.